The largest absolute Gasteiger partial charge is 0.365 e. The number of hydrogen-bond donors (Lipinski definition) is 0. The van der Waals surface area contributed by atoms with Crippen LogP contribution in [-0.4, -0.2) is 31.6 Å². The van der Waals surface area contributed by atoms with Crippen LogP contribution in [0.1, 0.15) is 5.56 Å². The van der Waals surface area contributed by atoms with Gasteiger partial charge in [-0.25, -0.2) is 8.42 Å². The van der Waals surface area contributed by atoms with Crippen LogP contribution in [0.3, 0.4) is 0 Å². The zero-order valence-electron chi connectivity index (χ0n) is 12.1. The molecule has 0 aliphatic heterocycles. The summed E-state index contributed by atoms with van der Waals surface area (Å²) in [7, 11) is -2.02. The fraction of sp³-hybridized carbons (Fsp3) is 0.214. The number of nitrogens with zero attached hydrogens (tertiary/aromatic N) is 3. The number of hydrogen-bond acceptors (Lipinski definition) is 6. The molecule has 1 aromatic heterocycles. The monoisotopic (exact) mass is 321 g/mol. The molecule has 22 heavy (non-hydrogen) atoms. The molecule has 1 aromatic carbocycles. The van der Waals surface area contributed by atoms with Gasteiger partial charge in [-0.15, -0.1) is 0 Å². The Bertz CT molecular complexity index is 791. The van der Waals surface area contributed by atoms with Crippen molar-refractivity contribution in [3.8, 4) is 0 Å². The molecule has 2 rings (SSSR count). The van der Waals surface area contributed by atoms with E-state index in [0.717, 1.165) is 11.8 Å². The van der Waals surface area contributed by atoms with Crippen LogP contribution in [0.25, 0.3) is 0 Å². The second kappa shape index (κ2) is 6.10. The normalized spacial score (nSPS) is 11.2. The molecule has 0 aliphatic rings. The molecule has 7 nitrogen and oxygen atoms in total. The van der Waals surface area contributed by atoms with Crippen LogP contribution in [0.4, 0.5) is 11.4 Å². The molecule has 1 heterocycles. The summed E-state index contributed by atoms with van der Waals surface area (Å²) in [6.45, 7) is 0.377. The third-order valence-corrected chi connectivity index (χ3v) is 4.24. The summed E-state index contributed by atoms with van der Waals surface area (Å²) in [6, 6.07) is 7.89. The molecule has 0 spiro atoms. The highest BCUT2D eigenvalue weighted by Crippen LogP contribution is 2.34. The quantitative estimate of drug-likeness (QED) is 0.618. The van der Waals surface area contributed by atoms with E-state index >= 15 is 0 Å². The van der Waals surface area contributed by atoms with E-state index in [0.29, 0.717) is 6.54 Å². The standard InChI is InChI=1S/C14H15N3O4S/c1-16(10-11-5-4-8-15-9-11)12-6-3-7-13(22(2,20)21)14(12)17(18)19/h3-9H,10H2,1-2H3. The molecular weight excluding hydrogens is 306 g/mol. The average Bonchev–Trinajstić information content (AvgIpc) is 2.46. The van der Waals surface area contributed by atoms with Crippen LogP contribution in [0, 0.1) is 10.1 Å². The van der Waals surface area contributed by atoms with Crippen molar-refractivity contribution in [1.29, 1.82) is 0 Å². The lowest BCUT2D eigenvalue weighted by Gasteiger charge is -2.19. The van der Waals surface area contributed by atoms with Gasteiger partial charge in [0.2, 0.25) is 0 Å². The maximum Gasteiger partial charge on any atom is 0.311 e. The van der Waals surface area contributed by atoms with Gasteiger partial charge in [0, 0.05) is 32.2 Å². The van der Waals surface area contributed by atoms with Gasteiger partial charge in [-0.05, 0) is 23.8 Å². The van der Waals surface area contributed by atoms with E-state index in [2.05, 4.69) is 4.98 Å². The van der Waals surface area contributed by atoms with Crippen LogP contribution in [0.2, 0.25) is 0 Å². The maximum absolute atomic E-state index is 11.8. The SMILES string of the molecule is CN(Cc1cccnc1)c1cccc(S(C)(=O)=O)c1[N+](=O)[O-]. The molecular formula is C14H15N3O4S. The fourth-order valence-electron chi connectivity index (χ4n) is 2.15. The molecule has 2 aromatic rings. The molecule has 0 fully saturated rings. The molecule has 0 unspecified atom stereocenters. The summed E-state index contributed by atoms with van der Waals surface area (Å²) in [5, 5.41) is 11.3. The third kappa shape index (κ3) is 3.40. The first kappa shape index (κ1) is 15.9. The van der Waals surface area contributed by atoms with Crippen LogP contribution in [0.5, 0.6) is 0 Å². The number of anilines is 1. The number of para-hydroxylation sites is 1. The highest BCUT2D eigenvalue weighted by molar-refractivity contribution is 7.90. The number of nitro benzene ring substituents is 1. The van der Waals surface area contributed by atoms with Gasteiger partial charge in [-0.3, -0.25) is 15.1 Å². The van der Waals surface area contributed by atoms with E-state index in [1.165, 1.54) is 18.2 Å². The first-order valence-electron chi connectivity index (χ1n) is 6.38. The number of benzene rings is 1. The van der Waals surface area contributed by atoms with Gasteiger partial charge in [0.1, 0.15) is 10.6 Å². The Balaban J connectivity index is 2.49. The zero-order valence-corrected chi connectivity index (χ0v) is 12.9. The Hall–Kier alpha value is -2.48. The van der Waals surface area contributed by atoms with Crippen LogP contribution < -0.4 is 4.90 Å². The average molecular weight is 321 g/mol. The molecule has 0 amide bonds. The summed E-state index contributed by atoms with van der Waals surface area (Å²) >= 11 is 0. The highest BCUT2D eigenvalue weighted by atomic mass is 32.2. The maximum atomic E-state index is 11.8. The minimum atomic E-state index is -3.69. The molecule has 116 valence electrons. The van der Waals surface area contributed by atoms with E-state index < -0.39 is 20.4 Å². The predicted octanol–water partition coefficient (Wildman–Crippen LogP) is 2.03. The lowest BCUT2D eigenvalue weighted by Crippen LogP contribution is -2.19. The third-order valence-electron chi connectivity index (χ3n) is 3.11. The molecule has 0 saturated heterocycles. The Morgan fingerprint density at radius 1 is 1.27 bits per heavy atom. The first-order valence-corrected chi connectivity index (χ1v) is 8.27. The van der Waals surface area contributed by atoms with E-state index in [4.69, 9.17) is 0 Å². The van der Waals surface area contributed by atoms with Crippen molar-refractivity contribution in [3.05, 3.63) is 58.4 Å². The molecule has 0 bridgehead atoms. The van der Waals surface area contributed by atoms with E-state index in [-0.39, 0.29) is 10.6 Å². The number of sulfone groups is 1. The van der Waals surface area contributed by atoms with E-state index in [1.807, 2.05) is 6.07 Å². The Morgan fingerprint density at radius 2 is 2.00 bits per heavy atom. The molecule has 0 atom stereocenters. The van der Waals surface area contributed by atoms with Crippen molar-refractivity contribution < 1.29 is 13.3 Å². The van der Waals surface area contributed by atoms with Crippen LogP contribution in [0.15, 0.2) is 47.6 Å². The van der Waals surface area contributed by atoms with Gasteiger partial charge in [-0.2, -0.15) is 0 Å². The molecule has 0 aliphatic carbocycles. The lowest BCUT2D eigenvalue weighted by molar-refractivity contribution is -0.387. The topological polar surface area (TPSA) is 93.4 Å². The number of rotatable bonds is 5. The Kier molecular flexibility index (Phi) is 4.41. The minimum Gasteiger partial charge on any atom is -0.365 e. The predicted molar refractivity (Wildman–Crippen MR) is 82.6 cm³/mol. The Labute approximate surface area is 128 Å². The summed E-state index contributed by atoms with van der Waals surface area (Å²) in [5.74, 6) is 0. The van der Waals surface area contributed by atoms with Crippen LogP contribution in [-0.2, 0) is 16.4 Å². The first-order chi connectivity index (χ1) is 10.3. The molecule has 0 N–H and O–H groups in total. The summed E-state index contributed by atoms with van der Waals surface area (Å²) in [6.07, 6.45) is 4.25. The number of pyridine rings is 1. The van der Waals surface area contributed by atoms with Crippen molar-refractivity contribution in [2.24, 2.45) is 0 Å². The summed E-state index contributed by atoms with van der Waals surface area (Å²) < 4.78 is 23.5. The van der Waals surface area contributed by atoms with Crippen molar-refractivity contribution in [3.63, 3.8) is 0 Å². The highest BCUT2D eigenvalue weighted by Gasteiger charge is 2.27. The number of aromatic nitrogens is 1. The van der Waals surface area contributed by atoms with Crippen LogP contribution >= 0.6 is 0 Å². The van der Waals surface area contributed by atoms with Crippen molar-refractivity contribution >= 4 is 21.2 Å². The smallest absolute Gasteiger partial charge is 0.311 e. The van der Waals surface area contributed by atoms with Gasteiger partial charge in [0.05, 0.1) is 4.92 Å². The minimum absolute atomic E-state index is 0.247. The van der Waals surface area contributed by atoms with Gasteiger partial charge in [0.15, 0.2) is 9.84 Å². The van der Waals surface area contributed by atoms with Gasteiger partial charge in [0.25, 0.3) is 0 Å². The Morgan fingerprint density at radius 3 is 2.55 bits per heavy atom. The second-order valence-electron chi connectivity index (χ2n) is 4.87. The fourth-order valence-corrected chi connectivity index (χ4v) is 3.01. The van der Waals surface area contributed by atoms with E-state index in [1.54, 1.807) is 30.4 Å². The summed E-state index contributed by atoms with van der Waals surface area (Å²) in [5.41, 5.74) is 0.706. The van der Waals surface area contributed by atoms with E-state index in [9.17, 15) is 18.5 Å². The molecule has 0 radical (unpaired) electrons. The molecule has 8 heteroatoms. The number of nitro groups is 1. The lowest BCUT2D eigenvalue weighted by atomic mass is 10.2. The van der Waals surface area contributed by atoms with Gasteiger partial charge in [-0.1, -0.05) is 12.1 Å². The van der Waals surface area contributed by atoms with Crippen molar-refractivity contribution in [2.75, 3.05) is 18.2 Å². The van der Waals surface area contributed by atoms with Gasteiger partial charge >= 0.3 is 5.69 Å². The zero-order chi connectivity index (χ0) is 16.3. The van der Waals surface area contributed by atoms with Gasteiger partial charge < -0.3 is 4.90 Å². The second-order valence-corrected chi connectivity index (χ2v) is 6.85. The molecule has 0 saturated carbocycles. The van der Waals surface area contributed by atoms with Crippen molar-refractivity contribution in [2.45, 2.75) is 11.4 Å². The summed E-state index contributed by atoms with van der Waals surface area (Å²) in [4.78, 5) is 16.0. The van der Waals surface area contributed by atoms with Crippen molar-refractivity contribution in [1.82, 2.24) is 4.98 Å².